The van der Waals surface area contributed by atoms with Crippen molar-refractivity contribution in [2.45, 2.75) is 0 Å². The van der Waals surface area contributed by atoms with Crippen LogP contribution in [0.3, 0.4) is 0 Å². The number of benzene rings is 6. The first kappa shape index (κ1) is 19.5. The highest BCUT2D eigenvalue weighted by Crippen LogP contribution is 2.36. The number of nitrogen functional groups attached to an aromatic ring is 4. The fraction of sp³-hybridized carbons (Fsp3) is 0. The summed E-state index contributed by atoms with van der Waals surface area (Å²) in [4.78, 5) is 0. The molecule has 0 bridgehead atoms. The van der Waals surface area contributed by atoms with Crippen LogP contribution in [-0.4, -0.2) is 0 Å². The van der Waals surface area contributed by atoms with E-state index in [2.05, 4.69) is 12.1 Å². The van der Waals surface area contributed by atoms with Gasteiger partial charge in [-0.15, -0.1) is 0 Å². The summed E-state index contributed by atoms with van der Waals surface area (Å²) in [5.74, 6) is 0. The van der Waals surface area contributed by atoms with E-state index >= 15 is 0 Å². The first-order chi connectivity index (χ1) is 15.5. The lowest BCUT2D eigenvalue weighted by Crippen LogP contribution is -1.95. The smallest absolute Gasteiger partial charge is 0.0474 e. The van der Waals surface area contributed by atoms with E-state index in [0.29, 0.717) is 0 Å². The second kappa shape index (κ2) is 7.67. The van der Waals surface area contributed by atoms with Gasteiger partial charge in [0, 0.05) is 55.1 Å². The molecule has 156 valence electrons. The van der Waals surface area contributed by atoms with Crippen molar-refractivity contribution in [1.29, 1.82) is 0 Å². The quantitative estimate of drug-likeness (QED) is 0.132. The Kier molecular flexibility index (Phi) is 4.68. The number of anilines is 4. The second-order valence-corrected chi connectivity index (χ2v) is 7.91. The highest BCUT2D eigenvalue weighted by atomic mass is 14.6. The molecule has 0 atom stereocenters. The van der Waals surface area contributed by atoms with Crippen LogP contribution in [-0.2, 0) is 0 Å². The zero-order valence-corrected chi connectivity index (χ0v) is 17.5. The fourth-order valence-electron chi connectivity index (χ4n) is 4.32. The summed E-state index contributed by atoms with van der Waals surface area (Å²) in [5.41, 5.74) is 27.5. The predicted molar refractivity (Wildman–Crippen MR) is 141 cm³/mol. The Morgan fingerprint density at radius 1 is 0.344 bits per heavy atom. The Morgan fingerprint density at radius 3 is 1.28 bits per heavy atom. The molecule has 32 heavy (non-hydrogen) atoms. The first-order valence-corrected chi connectivity index (χ1v) is 10.5. The molecule has 0 unspecified atom stereocenters. The van der Waals surface area contributed by atoms with Gasteiger partial charge in [0.2, 0.25) is 0 Å². The molecule has 0 aliphatic carbocycles. The molecule has 0 aromatic heterocycles. The summed E-state index contributed by atoms with van der Waals surface area (Å²) in [6.07, 6.45) is 0. The van der Waals surface area contributed by atoms with E-state index in [1.165, 1.54) is 0 Å². The highest BCUT2D eigenvalue weighted by Gasteiger charge is 2.08. The van der Waals surface area contributed by atoms with Crippen molar-refractivity contribution < 1.29 is 0 Å². The molecule has 0 spiro atoms. The van der Waals surface area contributed by atoms with Gasteiger partial charge in [-0.1, -0.05) is 78.9 Å². The zero-order valence-electron chi connectivity index (χ0n) is 17.5. The van der Waals surface area contributed by atoms with E-state index in [-0.39, 0.29) is 0 Å². The molecule has 0 radical (unpaired) electrons. The van der Waals surface area contributed by atoms with Gasteiger partial charge in [0.05, 0.1) is 0 Å². The minimum atomic E-state index is 0.766. The van der Waals surface area contributed by atoms with Crippen molar-refractivity contribution in [3.63, 3.8) is 0 Å². The fourth-order valence-corrected chi connectivity index (χ4v) is 4.32. The Bertz CT molecular complexity index is 1500. The van der Waals surface area contributed by atoms with Crippen LogP contribution in [0, 0.1) is 0 Å². The Labute approximate surface area is 186 Å². The Balaban J connectivity index is 0.000000135. The van der Waals surface area contributed by atoms with E-state index < -0.39 is 0 Å². The largest absolute Gasteiger partial charge is 0.399 e. The summed E-state index contributed by atoms with van der Waals surface area (Å²) >= 11 is 0. The van der Waals surface area contributed by atoms with Crippen molar-refractivity contribution in [3.8, 4) is 0 Å². The Morgan fingerprint density at radius 2 is 0.750 bits per heavy atom. The van der Waals surface area contributed by atoms with E-state index in [4.69, 9.17) is 22.9 Å². The summed E-state index contributed by atoms with van der Waals surface area (Å²) < 4.78 is 0. The monoisotopic (exact) mass is 416 g/mol. The lowest BCUT2D eigenvalue weighted by molar-refractivity contribution is 1.73. The maximum absolute atomic E-state index is 6.17. The number of nitrogens with two attached hydrogens (primary N) is 4. The van der Waals surface area contributed by atoms with Gasteiger partial charge in [0.25, 0.3) is 0 Å². The molecule has 0 saturated carbocycles. The van der Waals surface area contributed by atoms with Crippen LogP contribution < -0.4 is 22.9 Å². The van der Waals surface area contributed by atoms with Gasteiger partial charge in [-0.25, -0.2) is 0 Å². The second-order valence-electron chi connectivity index (χ2n) is 7.91. The zero-order chi connectivity index (χ0) is 22.2. The van der Waals surface area contributed by atoms with E-state index in [0.717, 1.165) is 65.8 Å². The summed E-state index contributed by atoms with van der Waals surface area (Å²) in [6, 6.07) is 32.0. The van der Waals surface area contributed by atoms with Gasteiger partial charge < -0.3 is 22.9 Å². The normalized spacial score (nSPS) is 11.0. The van der Waals surface area contributed by atoms with Crippen LogP contribution in [0.2, 0.25) is 0 Å². The molecule has 0 fully saturated rings. The molecule has 4 heteroatoms. The number of fused-ring (bicyclic) bond motifs is 4. The minimum absolute atomic E-state index is 0.766. The number of rotatable bonds is 0. The van der Waals surface area contributed by atoms with E-state index in [1.54, 1.807) is 0 Å². The maximum Gasteiger partial charge on any atom is 0.0474 e. The average Bonchev–Trinajstić information content (AvgIpc) is 2.83. The molecule has 6 rings (SSSR count). The third-order valence-corrected chi connectivity index (χ3v) is 5.94. The average molecular weight is 417 g/mol. The van der Waals surface area contributed by atoms with E-state index in [9.17, 15) is 0 Å². The van der Waals surface area contributed by atoms with E-state index in [1.807, 2.05) is 84.9 Å². The van der Waals surface area contributed by atoms with Crippen LogP contribution in [0.25, 0.3) is 43.1 Å². The molecule has 0 heterocycles. The summed E-state index contributed by atoms with van der Waals surface area (Å²) in [5, 5.41) is 8.51. The van der Waals surface area contributed by atoms with Crippen LogP contribution in [0.4, 0.5) is 22.7 Å². The van der Waals surface area contributed by atoms with Gasteiger partial charge in [0.1, 0.15) is 0 Å². The lowest BCUT2D eigenvalue weighted by Gasteiger charge is -2.10. The van der Waals surface area contributed by atoms with Crippen molar-refractivity contribution >= 4 is 65.8 Å². The Hall–Kier alpha value is -4.44. The maximum atomic E-state index is 6.17. The molecule has 4 nitrogen and oxygen atoms in total. The van der Waals surface area contributed by atoms with Gasteiger partial charge in [0.15, 0.2) is 0 Å². The third kappa shape index (κ3) is 3.19. The predicted octanol–water partition coefficient (Wildman–Crippen LogP) is 6.31. The van der Waals surface area contributed by atoms with Crippen LogP contribution in [0.15, 0.2) is 97.1 Å². The number of hydrogen-bond donors (Lipinski definition) is 4. The lowest BCUT2D eigenvalue weighted by atomic mass is 9.99. The molecule has 0 aliphatic rings. The molecule has 0 aliphatic heterocycles. The van der Waals surface area contributed by atoms with Crippen molar-refractivity contribution in [3.05, 3.63) is 97.1 Å². The van der Waals surface area contributed by atoms with Gasteiger partial charge in [-0.05, 0) is 29.0 Å². The van der Waals surface area contributed by atoms with Gasteiger partial charge in [-0.3, -0.25) is 0 Å². The molecule has 8 N–H and O–H groups in total. The molecular weight excluding hydrogens is 392 g/mol. The summed E-state index contributed by atoms with van der Waals surface area (Å²) in [7, 11) is 0. The SMILES string of the molecule is Nc1c2ccccc2c(N)c2ccccc12.Nc1ccc2c(N)c3ccccc3cc2c1. The highest BCUT2D eigenvalue weighted by molar-refractivity contribution is 6.18. The topological polar surface area (TPSA) is 104 Å². The van der Waals surface area contributed by atoms with Gasteiger partial charge in [-0.2, -0.15) is 0 Å². The van der Waals surface area contributed by atoms with Crippen LogP contribution >= 0.6 is 0 Å². The molecule has 6 aromatic carbocycles. The molecular formula is C28H24N4. The third-order valence-electron chi connectivity index (χ3n) is 5.94. The number of hydrogen-bond acceptors (Lipinski definition) is 4. The van der Waals surface area contributed by atoms with Crippen LogP contribution in [0.1, 0.15) is 0 Å². The first-order valence-electron chi connectivity index (χ1n) is 10.5. The van der Waals surface area contributed by atoms with Crippen LogP contribution in [0.5, 0.6) is 0 Å². The standard InChI is InChI=1S/2C14H12N2/c15-13-9-5-1-2-6-10(9)14(16)12-8-4-3-7-11(12)13;15-11-5-6-13-10(8-11)7-9-3-1-2-4-12(9)14(13)16/h2*1-8H,15-16H2. The summed E-state index contributed by atoms with van der Waals surface area (Å²) in [6.45, 7) is 0. The van der Waals surface area contributed by atoms with Crippen molar-refractivity contribution in [2.75, 3.05) is 22.9 Å². The minimum Gasteiger partial charge on any atom is -0.399 e. The molecule has 6 aromatic rings. The molecule has 0 amide bonds. The molecule has 0 saturated heterocycles. The van der Waals surface area contributed by atoms with Crippen molar-refractivity contribution in [2.24, 2.45) is 0 Å². The van der Waals surface area contributed by atoms with Gasteiger partial charge >= 0.3 is 0 Å². The van der Waals surface area contributed by atoms with Crippen molar-refractivity contribution in [1.82, 2.24) is 0 Å².